The molecule has 1 amide bonds. The molecule has 0 aliphatic heterocycles. The molecule has 0 N–H and O–H groups in total. The van der Waals surface area contributed by atoms with E-state index in [2.05, 4.69) is 44.2 Å². The lowest BCUT2D eigenvalue weighted by atomic mass is 10.0. The van der Waals surface area contributed by atoms with Gasteiger partial charge in [-0.25, -0.2) is 0 Å². The summed E-state index contributed by atoms with van der Waals surface area (Å²) in [4.78, 5) is 14.5. The van der Waals surface area contributed by atoms with E-state index in [0.717, 1.165) is 29.7 Å². The van der Waals surface area contributed by atoms with E-state index in [-0.39, 0.29) is 18.6 Å². The van der Waals surface area contributed by atoms with Gasteiger partial charge in [0.1, 0.15) is 5.75 Å². The number of carbonyl (C=O) groups is 1. The fraction of sp³-hybridized carbons (Fsp3) is 0.409. The molecule has 0 spiro atoms. The fourth-order valence-electron chi connectivity index (χ4n) is 3.60. The van der Waals surface area contributed by atoms with Crippen LogP contribution in [-0.2, 0) is 11.2 Å². The normalized spacial score (nSPS) is 16.0. The average molecular weight is 337 g/mol. The lowest BCUT2D eigenvalue weighted by Crippen LogP contribution is -2.34. The van der Waals surface area contributed by atoms with Gasteiger partial charge in [-0.3, -0.25) is 4.79 Å². The number of hydrogen-bond acceptors (Lipinski definition) is 2. The maximum Gasteiger partial charge on any atom is 0.260 e. The summed E-state index contributed by atoms with van der Waals surface area (Å²) in [5, 5.41) is 0. The van der Waals surface area contributed by atoms with E-state index in [1.165, 1.54) is 11.1 Å². The molecule has 0 saturated carbocycles. The predicted octanol–water partition coefficient (Wildman–Crippen LogP) is 4.64. The van der Waals surface area contributed by atoms with E-state index in [9.17, 15) is 4.79 Å². The van der Waals surface area contributed by atoms with Crippen LogP contribution in [0.15, 0.2) is 42.5 Å². The number of amides is 1. The van der Waals surface area contributed by atoms with Crippen LogP contribution in [0.5, 0.6) is 5.75 Å². The molecule has 132 valence electrons. The highest BCUT2D eigenvalue weighted by atomic mass is 16.5. The molecule has 3 rings (SSSR count). The maximum absolute atomic E-state index is 12.7. The molecule has 1 aliphatic carbocycles. The zero-order chi connectivity index (χ0) is 18.0. The quantitative estimate of drug-likeness (QED) is 0.795. The van der Waals surface area contributed by atoms with E-state index in [1.54, 1.807) is 0 Å². The highest BCUT2D eigenvalue weighted by molar-refractivity contribution is 5.78. The molecule has 0 heterocycles. The molecular formula is C22H27NO2. The summed E-state index contributed by atoms with van der Waals surface area (Å²) in [6.45, 7) is 6.40. The second-order valence-corrected chi connectivity index (χ2v) is 7.24. The highest BCUT2D eigenvalue weighted by Gasteiger charge is 2.28. The van der Waals surface area contributed by atoms with E-state index >= 15 is 0 Å². The van der Waals surface area contributed by atoms with E-state index in [4.69, 9.17) is 4.74 Å². The summed E-state index contributed by atoms with van der Waals surface area (Å²) in [5.74, 6) is 1.21. The third-order valence-corrected chi connectivity index (χ3v) is 5.10. The molecule has 1 atom stereocenters. The van der Waals surface area contributed by atoms with Crippen molar-refractivity contribution in [2.75, 3.05) is 13.7 Å². The fourth-order valence-corrected chi connectivity index (χ4v) is 3.60. The Morgan fingerprint density at radius 2 is 2.00 bits per heavy atom. The summed E-state index contributed by atoms with van der Waals surface area (Å²) in [6.07, 6.45) is 2.03. The van der Waals surface area contributed by atoms with Gasteiger partial charge in [0.15, 0.2) is 6.61 Å². The van der Waals surface area contributed by atoms with Crippen LogP contribution in [0.2, 0.25) is 0 Å². The summed E-state index contributed by atoms with van der Waals surface area (Å²) < 4.78 is 5.92. The number of benzene rings is 2. The van der Waals surface area contributed by atoms with Crippen LogP contribution >= 0.6 is 0 Å². The minimum absolute atomic E-state index is 0.0258. The largest absolute Gasteiger partial charge is 0.483 e. The second-order valence-electron chi connectivity index (χ2n) is 7.24. The first-order valence-corrected chi connectivity index (χ1v) is 9.04. The third kappa shape index (κ3) is 3.71. The van der Waals surface area contributed by atoms with Gasteiger partial charge in [-0.1, -0.05) is 50.2 Å². The molecule has 2 aromatic carbocycles. The highest BCUT2D eigenvalue weighted by Crippen LogP contribution is 2.35. The molecule has 0 bridgehead atoms. The van der Waals surface area contributed by atoms with E-state index < -0.39 is 0 Å². The van der Waals surface area contributed by atoms with Crippen LogP contribution < -0.4 is 4.74 Å². The Morgan fingerprint density at radius 3 is 2.76 bits per heavy atom. The van der Waals surface area contributed by atoms with Crippen molar-refractivity contribution in [3.63, 3.8) is 0 Å². The Labute approximate surface area is 150 Å². The molecule has 1 unspecified atom stereocenters. The number of aryl methyl sites for hydroxylation is 2. The van der Waals surface area contributed by atoms with Gasteiger partial charge in [-0.05, 0) is 54.0 Å². The number of fused-ring (bicyclic) bond motifs is 1. The first kappa shape index (κ1) is 17.5. The van der Waals surface area contributed by atoms with Crippen LogP contribution in [0.1, 0.15) is 54.5 Å². The molecule has 25 heavy (non-hydrogen) atoms. The van der Waals surface area contributed by atoms with Gasteiger partial charge >= 0.3 is 0 Å². The Kier molecular flexibility index (Phi) is 5.12. The van der Waals surface area contributed by atoms with Crippen molar-refractivity contribution in [1.82, 2.24) is 4.90 Å². The van der Waals surface area contributed by atoms with Crippen LogP contribution in [0.3, 0.4) is 0 Å². The topological polar surface area (TPSA) is 29.5 Å². The maximum atomic E-state index is 12.7. The summed E-state index contributed by atoms with van der Waals surface area (Å²) in [5.41, 5.74) is 4.92. The Morgan fingerprint density at radius 1 is 1.24 bits per heavy atom. The van der Waals surface area contributed by atoms with Crippen molar-refractivity contribution in [1.29, 1.82) is 0 Å². The lowest BCUT2D eigenvalue weighted by molar-refractivity contribution is -0.134. The molecular weight excluding hydrogens is 310 g/mol. The van der Waals surface area contributed by atoms with Crippen LogP contribution in [0.4, 0.5) is 0 Å². The number of ether oxygens (including phenoxy) is 1. The SMILES string of the molecule is Cc1ccc(C(C)C)c(OCC(=O)N(C)C2CCc3ccccc32)c1. The smallest absolute Gasteiger partial charge is 0.260 e. The van der Waals surface area contributed by atoms with Crippen LogP contribution in [-0.4, -0.2) is 24.5 Å². The third-order valence-electron chi connectivity index (χ3n) is 5.10. The minimum atomic E-state index is 0.0258. The van der Waals surface area contributed by atoms with Gasteiger partial charge in [-0.15, -0.1) is 0 Å². The van der Waals surface area contributed by atoms with Gasteiger partial charge in [0.05, 0.1) is 6.04 Å². The summed E-state index contributed by atoms with van der Waals surface area (Å²) >= 11 is 0. The zero-order valence-electron chi connectivity index (χ0n) is 15.6. The van der Waals surface area contributed by atoms with Gasteiger partial charge < -0.3 is 9.64 Å². The zero-order valence-corrected chi connectivity index (χ0v) is 15.6. The molecule has 1 aliphatic rings. The Bertz CT molecular complexity index is 766. The Balaban J connectivity index is 1.69. The molecule has 2 aromatic rings. The number of likely N-dealkylation sites (N-methyl/N-ethyl adjacent to an activating group) is 1. The van der Waals surface area contributed by atoms with E-state index in [0.29, 0.717) is 5.92 Å². The molecule has 0 saturated heterocycles. The number of nitrogens with zero attached hydrogens (tertiary/aromatic N) is 1. The van der Waals surface area contributed by atoms with Crippen LogP contribution in [0, 0.1) is 6.92 Å². The predicted molar refractivity (Wildman–Crippen MR) is 101 cm³/mol. The van der Waals surface area contributed by atoms with Crippen molar-refractivity contribution in [3.8, 4) is 5.75 Å². The molecule has 0 fully saturated rings. The summed E-state index contributed by atoms with van der Waals surface area (Å²) in [6, 6.07) is 14.8. The molecule has 3 nitrogen and oxygen atoms in total. The molecule has 3 heteroatoms. The van der Waals surface area contributed by atoms with Crippen molar-refractivity contribution in [2.45, 2.75) is 45.6 Å². The van der Waals surface area contributed by atoms with Crippen molar-refractivity contribution >= 4 is 5.91 Å². The van der Waals surface area contributed by atoms with Gasteiger partial charge in [0, 0.05) is 7.05 Å². The van der Waals surface area contributed by atoms with Crippen molar-refractivity contribution < 1.29 is 9.53 Å². The summed E-state index contributed by atoms with van der Waals surface area (Å²) in [7, 11) is 1.89. The number of rotatable bonds is 5. The molecule has 0 radical (unpaired) electrons. The van der Waals surface area contributed by atoms with Crippen molar-refractivity contribution in [3.05, 3.63) is 64.7 Å². The van der Waals surface area contributed by atoms with Gasteiger partial charge in [0.2, 0.25) is 0 Å². The lowest BCUT2D eigenvalue weighted by Gasteiger charge is -2.26. The second kappa shape index (κ2) is 7.30. The number of carbonyl (C=O) groups excluding carboxylic acids is 1. The van der Waals surface area contributed by atoms with Crippen LogP contribution in [0.25, 0.3) is 0 Å². The average Bonchev–Trinajstić information content (AvgIpc) is 3.02. The standard InChI is InChI=1S/C22H27NO2/c1-15(2)18-11-9-16(3)13-21(18)25-14-22(24)23(4)20-12-10-17-7-5-6-8-19(17)20/h5-9,11,13,15,20H,10,12,14H2,1-4H3. The van der Waals surface area contributed by atoms with Gasteiger partial charge in [0.25, 0.3) is 5.91 Å². The molecule has 0 aromatic heterocycles. The minimum Gasteiger partial charge on any atom is -0.483 e. The Hall–Kier alpha value is -2.29. The monoisotopic (exact) mass is 337 g/mol. The van der Waals surface area contributed by atoms with Crippen molar-refractivity contribution in [2.24, 2.45) is 0 Å². The first-order valence-electron chi connectivity index (χ1n) is 9.04. The van der Waals surface area contributed by atoms with Gasteiger partial charge in [-0.2, -0.15) is 0 Å². The van der Waals surface area contributed by atoms with E-state index in [1.807, 2.05) is 31.0 Å². The number of hydrogen-bond donors (Lipinski definition) is 0. The first-order chi connectivity index (χ1) is 12.0.